The van der Waals surface area contributed by atoms with Crippen molar-refractivity contribution < 1.29 is 9.59 Å². The van der Waals surface area contributed by atoms with Crippen molar-refractivity contribution in [1.29, 1.82) is 0 Å². The van der Waals surface area contributed by atoms with Crippen molar-refractivity contribution in [2.45, 2.75) is 32.1 Å². The molecular weight excluding hydrogens is 432 g/mol. The molecule has 33 heavy (non-hydrogen) atoms. The smallest absolute Gasteiger partial charge is 0.273 e. The molecule has 7 heteroatoms. The third kappa shape index (κ3) is 4.07. The predicted octanol–water partition coefficient (Wildman–Crippen LogP) is 4.34. The number of rotatable bonds is 6. The van der Waals surface area contributed by atoms with Crippen LogP contribution in [0.25, 0.3) is 10.6 Å². The normalized spacial score (nSPS) is 17.6. The van der Waals surface area contributed by atoms with E-state index >= 15 is 0 Å². The highest BCUT2D eigenvalue weighted by Crippen LogP contribution is 2.32. The van der Waals surface area contributed by atoms with Crippen LogP contribution in [0, 0.1) is 0 Å². The minimum absolute atomic E-state index is 0.197. The molecule has 2 amide bonds. The fourth-order valence-corrected chi connectivity index (χ4v) is 4.85. The summed E-state index contributed by atoms with van der Waals surface area (Å²) in [5.74, 6) is -0.396. The zero-order valence-corrected chi connectivity index (χ0v) is 19.1. The van der Waals surface area contributed by atoms with Crippen LogP contribution >= 0.6 is 11.3 Å². The van der Waals surface area contributed by atoms with E-state index in [0.29, 0.717) is 18.8 Å². The average Bonchev–Trinajstić information content (AvgIpc) is 3.52. The third-order valence-electron chi connectivity index (χ3n) is 6.04. The standard InChI is InChI=1S/C26H24N4O2S/c1-26(25(32)27-16-19-9-4-2-5-10-19)18-30-22(15-21(28-30)23-13-8-14-33-23)24(31)29(26)17-20-11-6-3-7-12-20/h2-15H,16-18H2,1H3,(H,27,32)/t26-/m1/s1. The first-order chi connectivity index (χ1) is 16.0. The van der Waals surface area contributed by atoms with E-state index < -0.39 is 5.54 Å². The number of hydrogen-bond donors (Lipinski definition) is 1. The first-order valence-corrected chi connectivity index (χ1v) is 11.7. The number of hydrogen-bond acceptors (Lipinski definition) is 4. The molecule has 1 aliphatic rings. The third-order valence-corrected chi connectivity index (χ3v) is 6.93. The Morgan fingerprint density at radius 3 is 2.39 bits per heavy atom. The lowest BCUT2D eigenvalue weighted by atomic mass is 9.94. The van der Waals surface area contributed by atoms with Gasteiger partial charge in [0.25, 0.3) is 5.91 Å². The molecule has 0 radical (unpaired) electrons. The van der Waals surface area contributed by atoms with Crippen molar-refractivity contribution >= 4 is 23.2 Å². The van der Waals surface area contributed by atoms with Crippen molar-refractivity contribution in [3.63, 3.8) is 0 Å². The molecule has 1 N–H and O–H groups in total. The molecule has 0 bridgehead atoms. The summed E-state index contributed by atoms with van der Waals surface area (Å²) in [6, 6.07) is 25.3. The first kappa shape index (κ1) is 21.2. The maximum atomic E-state index is 13.7. The molecule has 2 aromatic heterocycles. The number of aromatic nitrogens is 2. The minimum atomic E-state index is -1.09. The van der Waals surface area contributed by atoms with Gasteiger partial charge in [0.2, 0.25) is 5.91 Å². The van der Waals surface area contributed by atoms with Crippen molar-refractivity contribution in [3.05, 3.63) is 101 Å². The van der Waals surface area contributed by atoms with Crippen LogP contribution in [0.5, 0.6) is 0 Å². The largest absolute Gasteiger partial charge is 0.350 e. The van der Waals surface area contributed by atoms with E-state index in [9.17, 15) is 9.59 Å². The van der Waals surface area contributed by atoms with E-state index in [1.165, 1.54) is 0 Å². The highest BCUT2D eigenvalue weighted by atomic mass is 32.1. The molecule has 2 aromatic carbocycles. The molecule has 0 fully saturated rings. The summed E-state index contributed by atoms with van der Waals surface area (Å²) in [7, 11) is 0. The molecule has 4 aromatic rings. The highest BCUT2D eigenvalue weighted by molar-refractivity contribution is 7.13. The van der Waals surface area contributed by atoms with Gasteiger partial charge in [0, 0.05) is 13.1 Å². The van der Waals surface area contributed by atoms with Gasteiger partial charge in [-0.1, -0.05) is 66.7 Å². The average molecular weight is 457 g/mol. The Labute approximate surface area is 196 Å². The molecule has 6 nitrogen and oxygen atoms in total. The first-order valence-electron chi connectivity index (χ1n) is 10.8. The van der Waals surface area contributed by atoms with Gasteiger partial charge < -0.3 is 10.2 Å². The van der Waals surface area contributed by atoms with E-state index in [0.717, 1.165) is 21.7 Å². The van der Waals surface area contributed by atoms with Crippen LogP contribution in [0.2, 0.25) is 0 Å². The lowest BCUT2D eigenvalue weighted by molar-refractivity contribution is -0.133. The van der Waals surface area contributed by atoms with Crippen LogP contribution in [0.4, 0.5) is 0 Å². The van der Waals surface area contributed by atoms with E-state index in [-0.39, 0.29) is 18.4 Å². The Morgan fingerprint density at radius 2 is 1.73 bits per heavy atom. The number of carbonyl (C=O) groups excluding carboxylic acids is 2. The predicted molar refractivity (Wildman–Crippen MR) is 129 cm³/mol. The molecule has 5 rings (SSSR count). The fourth-order valence-electron chi connectivity index (χ4n) is 4.17. The number of benzene rings is 2. The van der Waals surface area contributed by atoms with Crippen molar-refractivity contribution in [3.8, 4) is 10.6 Å². The fraction of sp³-hybridized carbons (Fsp3) is 0.192. The number of fused-ring (bicyclic) bond motifs is 1. The van der Waals surface area contributed by atoms with Crippen LogP contribution in [-0.4, -0.2) is 32.0 Å². The summed E-state index contributed by atoms with van der Waals surface area (Å²) in [6.07, 6.45) is 0. The monoisotopic (exact) mass is 456 g/mol. The summed E-state index contributed by atoms with van der Waals surface area (Å²) in [6.45, 7) is 2.85. The van der Waals surface area contributed by atoms with Crippen LogP contribution in [-0.2, 0) is 24.4 Å². The number of thiophene rings is 1. The summed E-state index contributed by atoms with van der Waals surface area (Å²) >= 11 is 1.58. The van der Waals surface area contributed by atoms with E-state index in [2.05, 4.69) is 10.4 Å². The van der Waals surface area contributed by atoms with Crippen molar-refractivity contribution in [1.82, 2.24) is 20.0 Å². The van der Waals surface area contributed by atoms with Gasteiger partial charge in [-0.3, -0.25) is 14.3 Å². The topological polar surface area (TPSA) is 67.2 Å². The molecule has 0 spiro atoms. The summed E-state index contributed by atoms with van der Waals surface area (Å²) in [5, 5.41) is 9.70. The van der Waals surface area contributed by atoms with Gasteiger partial charge in [0.05, 0.1) is 11.4 Å². The SMILES string of the molecule is C[C@]1(C(=O)NCc2ccccc2)Cn2nc(-c3cccs3)cc2C(=O)N1Cc1ccccc1. The quantitative estimate of drug-likeness (QED) is 0.469. The van der Waals surface area contributed by atoms with Gasteiger partial charge in [0.15, 0.2) is 0 Å². The van der Waals surface area contributed by atoms with Crippen LogP contribution < -0.4 is 5.32 Å². The molecular formula is C26H24N4O2S. The molecule has 3 heterocycles. The Morgan fingerprint density at radius 1 is 1.03 bits per heavy atom. The molecule has 0 unspecified atom stereocenters. The van der Waals surface area contributed by atoms with Gasteiger partial charge >= 0.3 is 0 Å². The summed E-state index contributed by atoms with van der Waals surface area (Å²) in [4.78, 5) is 29.9. The molecule has 0 saturated carbocycles. The molecule has 0 aliphatic carbocycles. The van der Waals surface area contributed by atoms with Gasteiger partial charge in [-0.05, 0) is 35.6 Å². The van der Waals surface area contributed by atoms with Crippen LogP contribution in [0.1, 0.15) is 28.5 Å². The van der Waals surface area contributed by atoms with Crippen LogP contribution in [0.3, 0.4) is 0 Å². The zero-order valence-electron chi connectivity index (χ0n) is 18.3. The van der Waals surface area contributed by atoms with Gasteiger partial charge in [-0.25, -0.2) is 0 Å². The molecule has 0 saturated heterocycles. The van der Waals surface area contributed by atoms with Crippen molar-refractivity contribution in [2.75, 3.05) is 0 Å². The maximum Gasteiger partial charge on any atom is 0.273 e. The Kier molecular flexibility index (Phi) is 5.56. The van der Waals surface area contributed by atoms with Gasteiger partial charge in [0.1, 0.15) is 16.9 Å². The Bertz CT molecular complexity index is 1270. The Balaban J connectivity index is 1.49. The van der Waals surface area contributed by atoms with E-state index in [4.69, 9.17) is 0 Å². The lowest BCUT2D eigenvalue weighted by Crippen LogP contribution is -2.63. The number of nitrogens with zero attached hydrogens (tertiary/aromatic N) is 3. The van der Waals surface area contributed by atoms with Crippen LogP contribution in [0.15, 0.2) is 84.2 Å². The van der Waals surface area contributed by atoms with E-state index in [1.54, 1.807) is 20.9 Å². The summed E-state index contributed by atoms with van der Waals surface area (Å²) in [5.41, 5.74) is 2.14. The Hall–Kier alpha value is -3.71. The summed E-state index contributed by atoms with van der Waals surface area (Å²) < 4.78 is 1.68. The number of carbonyl (C=O) groups is 2. The minimum Gasteiger partial charge on any atom is -0.350 e. The van der Waals surface area contributed by atoms with Gasteiger partial charge in [-0.2, -0.15) is 5.10 Å². The maximum absolute atomic E-state index is 13.7. The van der Waals surface area contributed by atoms with Gasteiger partial charge in [-0.15, -0.1) is 11.3 Å². The zero-order chi connectivity index (χ0) is 22.8. The second-order valence-electron chi connectivity index (χ2n) is 8.37. The van der Waals surface area contributed by atoms with E-state index in [1.807, 2.05) is 91.2 Å². The lowest BCUT2D eigenvalue weighted by Gasteiger charge is -2.43. The highest BCUT2D eigenvalue weighted by Gasteiger charge is 2.48. The second kappa shape index (κ2) is 8.67. The second-order valence-corrected chi connectivity index (χ2v) is 9.32. The number of nitrogens with one attached hydrogen (secondary N) is 1. The number of amides is 2. The molecule has 1 aliphatic heterocycles. The molecule has 1 atom stereocenters. The molecule has 166 valence electrons. The van der Waals surface area contributed by atoms with Crippen molar-refractivity contribution in [2.24, 2.45) is 0 Å².